The summed E-state index contributed by atoms with van der Waals surface area (Å²) in [6.45, 7) is 1.96. The molecule has 0 spiro atoms. The van der Waals surface area contributed by atoms with Gasteiger partial charge < -0.3 is 5.32 Å². The summed E-state index contributed by atoms with van der Waals surface area (Å²) in [6, 6.07) is 0. The maximum Gasteiger partial charge on any atom is 0.104 e. The van der Waals surface area contributed by atoms with Crippen molar-refractivity contribution in [1.29, 1.82) is 0 Å². The summed E-state index contributed by atoms with van der Waals surface area (Å²) in [5, 5.41) is 3.24. The zero-order valence-electron chi connectivity index (χ0n) is 5.99. The van der Waals surface area contributed by atoms with Crippen LogP contribution in [0.2, 0.25) is 0 Å². The second kappa shape index (κ2) is 2.35. The number of halogens is 1. The molecule has 1 aliphatic carbocycles. The van der Waals surface area contributed by atoms with Crippen LogP contribution in [0.4, 0.5) is 4.39 Å². The highest BCUT2D eigenvalue weighted by Gasteiger charge is 2.22. The van der Waals surface area contributed by atoms with Crippen LogP contribution in [0.1, 0.15) is 19.3 Å². The lowest BCUT2D eigenvalue weighted by Gasteiger charge is -2.16. The number of hydrogen-bond acceptors (Lipinski definition) is 1. The van der Waals surface area contributed by atoms with Gasteiger partial charge in [-0.25, -0.2) is 4.39 Å². The molecule has 0 aromatic rings. The lowest BCUT2D eigenvalue weighted by molar-refractivity contribution is 0.302. The molecule has 0 saturated carbocycles. The van der Waals surface area contributed by atoms with Gasteiger partial charge in [0.2, 0.25) is 0 Å². The average molecular weight is 141 g/mol. The zero-order valence-corrected chi connectivity index (χ0v) is 5.99. The summed E-state index contributed by atoms with van der Waals surface area (Å²) in [5.74, 6) is 0. The molecule has 2 rings (SSSR count). The van der Waals surface area contributed by atoms with Gasteiger partial charge in [0.1, 0.15) is 6.17 Å². The van der Waals surface area contributed by atoms with Crippen molar-refractivity contribution >= 4 is 0 Å². The molecule has 1 nitrogen and oxygen atoms in total. The van der Waals surface area contributed by atoms with Crippen LogP contribution in [-0.4, -0.2) is 19.3 Å². The predicted molar refractivity (Wildman–Crippen MR) is 38.6 cm³/mol. The highest BCUT2D eigenvalue weighted by molar-refractivity contribution is 5.25. The molecule has 1 heterocycles. The van der Waals surface area contributed by atoms with Crippen LogP contribution in [0.5, 0.6) is 0 Å². The number of alkyl halides is 1. The third-order valence-corrected chi connectivity index (χ3v) is 2.40. The molecular formula is C8H12FN. The molecule has 0 aromatic carbocycles. The first-order chi connectivity index (χ1) is 4.86. The number of rotatable bonds is 0. The molecule has 1 aliphatic heterocycles. The first-order valence-corrected chi connectivity index (χ1v) is 3.91. The molecular weight excluding hydrogens is 129 g/mol. The van der Waals surface area contributed by atoms with Crippen LogP contribution in [-0.2, 0) is 0 Å². The standard InChI is InChI=1S/C8H12FN/c9-8-2-1-6-4-10-5-7(6)3-8/h8,10H,1-5H2. The molecule has 1 N–H and O–H groups in total. The first kappa shape index (κ1) is 6.35. The normalized spacial score (nSPS) is 32.7. The lowest BCUT2D eigenvalue weighted by atomic mass is 9.93. The van der Waals surface area contributed by atoms with E-state index in [9.17, 15) is 4.39 Å². The quantitative estimate of drug-likeness (QED) is 0.503. The predicted octanol–water partition coefficient (Wildman–Crippen LogP) is 1.41. The van der Waals surface area contributed by atoms with Crippen molar-refractivity contribution in [2.24, 2.45) is 0 Å². The SMILES string of the molecule is FC1CCC2=C(CNC2)C1. The Labute approximate surface area is 60.3 Å². The largest absolute Gasteiger partial charge is 0.309 e. The van der Waals surface area contributed by atoms with Gasteiger partial charge in [-0.15, -0.1) is 0 Å². The van der Waals surface area contributed by atoms with E-state index in [2.05, 4.69) is 5.32 Å². The summed E-state index contributed by atoms with van der Waals surface area (Å²) >= 11 is 0. The minimum Gasteiger partial charge on any atom is -0.309 e. The highest BCUT2D eigenvalue weighted by atomic mass is 19.1. The smallest absolute Gasteiger partial charge is 0.104 e. The Hall–Kier alpha value is -0.370. The molecule has 0 amide bonds. The topological polar surface area (TPSA) is 12.0 Å². The van der Waals surface area contributed by atoms with Gasteiger partial charge in [-0.05, 0) is 12.8 Å². The monoisotopic (exact) mass is 141 g/mol. The average Bonchev–Trinajstić information content (AvgIpc) is 2.33. The van der Waals surface area contributed by atoms with Crippen LogP contribution in [0, 0.1) is 0 Å². The summed E-state index contributed by atoms with van der Waals surface area (Å²) < 4.78 is 12.8. The molecule has 1 atom stereocenters. The maximum atomic E-state index is 12.8. The Morgan fingerprint density at radius 3 is 3.00 bits per heavy atom. The van der Waals surface area contributed by atoms with E-state index in [1.54, 1.807) is 0 Å². The Bertz CT molecular complexity index is 174. The van der Waals surface area contributed by atoms with E-state index in [0.29, 0.717) is 6.42 Å². The van der Waals surface area contributed by atoms with Crippen molar-refractivity contribution < 1.29 is 4.39 Å². The number of hydrogen-bond donors (Lipinski definition) is 1. The maximum absolute atomic E-state index is 12.8. The fraction of sp³-hybridized carbons (Fsp3) is 0.750. The molecule has 10 heavy (non-hydrogen) atoms. The minimum atomic E-state index is -0.557. The van der Waals surface area contributed by atoms with E-state index >= 15 is 0 Å². The Morgan fingerprint density at radius 2 is 2.10 bits per heavy atom. The van der Waals surface area contributed by atoms with Gasteiger partial charge >= 0.3 is 0 Å². The number of nitrogens with one attached hydrogen (secondary N) is 1. The van der Waals surface area contributed by atoms with Crippen molar-refractivity contribution in [3.63, 3.8) is 0 Å². The summed E-state index contributed by atoms with van der Waals surface area (Å²) in [7, 11) is 0. The van der Waals surface area contributed by atoms with Gasteiger partial charge in [-0.2, -0.15) is 0 Å². The van der Waals surface area contributed by atoms with Crippen molar-refractivity contribution in [3.05, 3.63) is 11.1 Å². The van der Waals surface area contributed by atoms with Crippen LogP contribution in [0.3, 0.4) is 0 Å². The second-order valence-corrected chi connectivity index (χ2v) is 3.15. The van der Waals surface area contributed by atoms with Crippen molar-refractivity contribution in [2.45, 2.75) is 25.4 Å². The fourth-order valence-corrected chi connectivity index (χ4v) is 1.80. The zero-order chi connectivity index (χ0) is 6.97. The van der Waals surface area contributed by atoms with Gasteiger partial charge in [-0.3, -0.25) is 0 Å². The molecule has 0 saturated heterocycles. The first-order valence-electron chi connectivity index (χ1n) is 3.91. The van der Waals surface area contributed by atoms with Gasteiger partial charge in [0.15, 0.2) is 0 Å². The molecule has 2 aliphatic rings. The van der Waals surface area contributed by atoms with E-state index in [1.807, 2.05) is 0 Å². The lowest BCUT2D eigenvalue weighted by Crippen LogP contribution is -2.10. The third-order valence-electron chi connectivity index (χ3n) is 2.40. The highest BCUT2D eigenvalue weighted by Crippen LogP contribution is 2.28. The summed E-state index contributed by atoms with van der Waals surface area (Å²) in [5.41, 5.74) is 2.83. The van der Waals surface area contributed by atoms with Gasteiger partial charge in [0.25, 0.3) is 0 Å². The third kappa shape index (κ3) is 0.966. The van der Waals surface area contributed by atoms with E-state index in [4.69, 9.17) is 0 Å². The van der Waals surface area contributed by atoms with E-state index in [1.165, 1.54) is 11.1 Å². The Morgan fingerprint density at radius 1 is 1.30 bits per heavy atom. The molecule has 56 valence electrons. The second-order valence-electron chi connectivity index (χ2n) is 3.15. The van der Waals surface area contributed by atoms with Gasteiger partial charge in [0, 0.05) is 19.5 Å². The van der Waals surface area contributed by atoms with Crippen LogP contribution in [0.15, 0.2) is 11.1 Å². The molecule has 0 bridgehead atoms. The van der Waals surface area contributed by atoms with Crippen molar-refractivity contribution in [1.82, 2.24) is 5.32 Å². The molecule has 0 fully saturated rings. The van der Waals surface area contributed by atoms with Gasteiger partial charge in [-0.1, -0.05) is 11.1 Å². The molecule has 0 aromatic heterocycles. The molecule has 0 radical (unpaired) electrons. The van der Waals surface area contributed by atoms with Crippen LogP contribution >= 0.6 is 0 Å². The molecule has 1 unspecified atom stereocenters. The van der Waals surface area contributed by atoms with E-state index in [-0.39, 0.29) is 0 Å². The van der Waals surface area contributed by atoms with Gasteiger partial charge in [0.05, 0.1) is 0 Å². The van der Waals surface area contributed by atoms with Crippen LogP contribution in [0.25, 0.3) is 0 Å². The van der Waals surface area contributed by atoms with Crippen molar-refractivity contribution in [3.8, 4) is 0 Å². The van der Waals surface area contributed by atoms with E-state index in [0.717, 1.165) is 25.9 Å². The fourth-order valence-electron chi connectivity index (χ4n) is 1.80. The molecule has 2 heteroatoms. The Balaban J connectivity index is 2.13. The van der Waals surface area contributed by atoms with Crippen LogP contribution < -0.4 is 5.32 Å². The Kier molecular flexibility index (Phi) is 1.49. The van der Waals surface area contributed by atoms with E-state index < -0.39 is 6.17 Å². The summed E-state index contributed by atoms with van der Waals surface area (Å²) in [6.07, 6.45) is 1.88. The minimum absolute atomic E-state index is 0.557. The van der Waals surface area contributed by atoms with Crippen molar-refractivity contribution in [2.75, 3.05) is 13.1 Å². The summed E-state index contributed by atoms with van der Waals surface area (Å²) in [4.78, 5) is 0.